The van der Waals surface area contributed by atoms with E-state index in [4.69, 9.17) is 4.74 Å². The second kappa shape index (κ2) is 7.41. The quantitative estimate of drug-likeness (QED) is 0.853. The zero-order chi connectivity index (χ0) is 15.9. The molecule has 1 aromatic carbocycles. The van der Waals surface area contributed by atoms with Gasteiger partial charge in [-0.2, -0.15) is 0 Å². The molecule has 0 saturated carbocycles. The van der Waals surface area contributed by atoms with Gasteiger partial charge in [-0.3, -0.25) is 4.79 Å². The lowest BCUT2D eigenvalue weighted by Crippen LogP contribution is -2.09. The van der Waals surface area contributed by atoms with E-state index in [1.165, 1.54) is 6.08 Å². The van der Waals surface area contributed by atoms with Crippen molar-refractivity contribution in [3.05, 3.63) is 59.8 Å². The Kier molecular flexibility index (Phi) is 5.31. The maximum atomic E-state index is 11.9. The highest BCUT2D eigenvalue weighted by Crippen LogP contribution is 2.16. The molecule has 0 aliphatic heterocycles. The number of carbonyl (C=O) groups is 1. The van der Waals surface area contributed by atoms with Gasteiger partial charge in [0.1, 0.15) is 11.6 Å². The summed E-state index contributed by atoms with van der Waals surface area (Å²) in [5.41, 5.74) is 1.96. The minimum Gasteiger partial charge on any atom is -0.491 e. The van der Waals surface area contributed by atoms with Gasteiger partial charge in [-0.15, -0.1) is 0 Å². The number of nitrogens with one attached hydrogen (secondary N) is 1. The van der Waals surface area contributed by atoms with Gasteiger partial charge in [-0.1, -0.05) is 12.1 Å². The first kappa shape index (κ1) is 15.8. The number of anilines is 1. The summed E-state index contributed by atoms with van der Waals surface area (Å²) < 4.78 is 5.63. The van der Waals surface area contributed by atoms with Crippen LogP contribution < -0.4 is 10.1 Å². The molecule has 2 rings (SSSR count). The molecule has 0 saturated heterocycles. The summed E-state index contributed by atoms with van der Waals surface area (Å²) in [7, 11) is 0. The predicted molar refractivity (Wildman–Crippen MR) is 88.8 cm³/mol. The Balaban J connectivity index is 2.00. The first-order valence-corrected chi connectivity index (χ1v) is 7.21. The van der Waals surface area contributed by atoms with Crippen molar-refractivity contribution in [2.24, 2.45) is 0 Å². The summed E-state index contributed by atoms with van der Waals surface area (Å²) in [6.07, 6.45) is 5.02. The van der Waals surface area contributed by atoms with Crippen molar-refractivity contribution in [2.45, 2.75) is 26.9 Å². The normalized spacial score (nSPS) is 10.9. The molecule has 2 aromatic rings. The molecule has 4 nitrogen and oxygen atoms in total. The van der Waals surface area contributed by atoms with Crippen LogP contribution in [0.5, 0.6) is 5.75 Å². The zero-order valence-electron chi connectivity index (χ0n) is 13.0. The molecule has 1 N–H and O–H groups in total. The van der Waals surface area contributed by atoms with Crippen molar-refractivity contribution < 1.29 is 9.53 Å². The Labute approximate surface area is 130 Å². The molecular weight excluding hydrogens is 276 g/mol. The third kappa shape index (κ3) is 5.05. The average molecular weight is 296 g/mol. The molecule has 0 fully saturated rings. The van der Waals surface area contributed by atoms with E-state index in [0.29, 0.717) is 5.82 Å². The van der Waals surface area contributed by atoms with Crippen LogP contribution in [0.15, 0.2) is 48.7 Å². The SMILES string of the molecule is Cc1ccnc(NC(=O)/C=C/c2cccc(OC(C)C)c2)c1. The van der Waals surface area contributed by atoms with E-state index in [-0.39, 0.29) is 12.0 Å². The molecule has 1 heterocycles. The number of aromatic nitrogens is 1. The third-order valence-electron chi connectivity index (χ3n) is 2.82. The zero-order valence-corrected chi connectivity index (χ0v) is 13.0. The summed E-state index contributed by atoms with van der Waals surface area (Å²) >= 11 is 0. The molecular formula is C18H20N2O2. The van der Waals surface area contributed by atoms with Gasteiger partial charge >= 0.3 is 0 Å². The first-order valence-electron chi connectivity index (χ1n) is 7.21. The molecule has 0 spiro atoms. The van der Waals surface area contributed by atoms with Crippen LogP contribution in [0.4, 0.5) is 5.82 Å². The molecule has 1 amide bonds. The second-order valence-corrected chi connectivity index (χ2v) is 5.28. The smallest absolute Gasteiger partial charge is 0.249 e. The Hall–Kier alpha value is -2.62. The fraction of sp³-hybridized carbons (Fsp3) is 0.222. The van der Waals surface area contributed by atoms with Crippen LogP contribution in [-0.2, 0) is 4.79 Å². The molecule has 0 atom stereocenters. The van der Waals surface area contributed by atoms with Crippen LogP contribution in [0.2, 0.25) is 0 Å². The lowest BCUT2D eigenvalue weighted by Gasteiger charge is -2.09. The van der Waals surface area contributed by atoms with E-state index in [0.717, 1.165) is 16.9 Å². The van der Waals surface area contributed by atoms with Gasteiger partial charge in [0.2, 0.25) is 5.91 Å². The van der Waals surface area contributed by atoms with Crippen molar-refractivity contribution in [2.75, 3.05) is 5.32 Å². The van der Waals surface area contributed by atoms with Gasteiger partial charge in [0.25, 0.3) is 0 Å². The Bertz CT molecular complexity index is 678. The molecule has 4 heteroatoms. The third-order valence-corrected chi connectivity index (χ3v) is 2.82. The largest absolute Gasteiger partial charge is 0.491 e. The van der Waals surface area contributed by atoms with E-state index in [1.807, 2.05) is 57.2 Å². The monoisotopic (exact) mass is 296 g/mol. The lowest BCUT2D eigenvalue weighted by atomic mass is 10.2. The molecule has 0 aliphatic rings. The Morgan fingerprint density at radius 3 is 2.82 bits per heavy atom. The first-order chi connectivity index (χ1) is 10.5. The van der Waals surface area contributed by atoms with E-state index < -0.39 is 0 Å². The Morgan fingerprint density at radius 2 is 2.09 bits per heavy atom. The molecule has 0 aliphatic carbocycles. The minimum absolute atomic E-state index is 0.120. The summed E-state index contributed by atoms with van der Waals surface area (Å²) in [5.74, 6) is 1.12. The number of hydrogen-bond donors (Lipinski definition) is 1. The number of nitrogens with zero attached hydrogens (tertiary/aromatic N) is 1. The molecule has 1 aromatic heterocycles. The lowest BCUT2D eigenvalue weighted by molar-refractivity contribution is -0.111. The number of ether oxygens (including phenoxy) is 1. The van der Waals surface area contributed by atoms with Crippen LogP contribution in [0.1, 0.15) is 25.0 Å². The molecule has 0 unspecified atom stereocenters. The van der Waals surface area contributed by atoms with Crippen molar-refractivity contribution in [1.82, 2.24) is 4.98 Å². The summed E-state index contributed by atoms with van der Waals surface area (Å²) in [4.78, 5) is 16.0. The van der Waals surface area contributed by atoms with E-state index in [2.05, 4.69) is 10.3 Å². The fourth-order valence-corrected chi connectivity index (χ4v) is 1.91. The van der Waals surface area contributed by atoms with Crippen LogP contribution in [0.25, 0.3) is 6.08 Å². The van der Waals surface area contributed by atoms with E-state index in [9.17, 15) is 4.79 Å². The summed E-state index contributed by atoms with van der Waals surface area (Å²) in [6, 6.07) is 11.3. The fourth-order valence-electron chi connectivity index (χ4n) is 1.91. The maximum Gasteiger partial charge on any atom is 0.249 e. The van der Waals surface area contributed by atoms with Crippen molar-refractivity contribution in [1.29, 1.82) is 0 Å². The van der Waals surface area contributed by atoms with Crippen LogP contribution in [0, 0.1) is 6.92 Å². The highest BCUT2D eigenvalue weighted by Gasteiger charge is 2.00. The second-order valence-electron chi connectivity index (χ2n) is 5.28. The summed E-state index contributed by atoms with van der Waals surface area (Å²) in [6.45, 7) is 5.91. The number of benzene rings is 1. The number of rotatable bonds is 5. The predicted octanol–water partition coefficient (Wildman–Crippen LogP) is 3.83. The van der Waals surface area contributed by atoms with Gasteiger partial charge in [0.15, 0.2) is 0 Å². The van der Waals surface area contributed by atoms with Crippen LogP contribution in [0.3, 0.4) is 0 Å². The van der Waals surface area contributed by atoms with Crippen LogP contribution in [-0.4, -0.2) is 17.0 Å². The van der Waals surface area contributed by atoms with Gasteiger partial charge < -0.3 is 10.1 Å². The average Bonchev–Trinajstić information content (AvgIpc) is 2.45. The molecule has 22 heavy (non-hydrogen) atoms. The van der Waals surface area contributed by atoms with Crippen LogP contribution >= 0.6 is 0 Å². The van der Waals surface area contributed by atoms with Gasteiger partial charge in [-0.25, -0.2) is 4.98 Å². The van der Waals surface area contributed by atoms with Crippen molar-refractivity contribution in [3.63, 3.8) is 0 Å². The minimum atomic E-state index is -0.215. The topological polar surface area (TPSA) is 51.2 Å². The van der Waals surface area contributed by atoms with Crippen molar-refractivity contribution in [3.8, 4) is 5.75 Å². The highest BCUT2D eigenvalue weighted by molar-refractivity contribution is 6.01. The van der Waals surface area contributed by atoms with E-state index >= 15 is 0 Å². The summed E-state index contributed by atoms with van der Waals surface area (Å²) in [5, 5.41) is 2.73. The number of hydrogen-bond acceptors (Lipinski definition) is 3. The Morgan fingerprint density at radius 1 is 1.27 bits per heavy atom. The number of carbonyl (C=O) groups excluding carboxylic acids is 1. The van der Waals surface area contributed by atoms with Gasteiger partial charge in [0, 0.05) is 12.3 Å². The number of aryl methyl sites for hydroxylation is 1. The van der Waals surface area contributed by atoms with E-state index in [1.54, 1.807) is 12.3 Å². The molecule has 0 bridgehead atoms. The number of amides is 1. The standard InChI is InChI=1S/C18H20N2O2/c1-13(2)22-16-6-4-5-15(12-16)7-8-18(21)20-17-11-14(3)9-10-19-17/h4-13H,1-3H3,(H,19,20,21)/b8-7+. The van der Waals surface area contributed by atoms with Crippen molar-refractivity contribution >= 4 is 17.8 Å². The number of pyridine rings is 1. The molecule has 0 radical (unpaired) electrons. The van der Waals surface area contributed by atoms with Gasteiger partial charge in [0.05, 0.1) is 6.10 Å². The maximum absolute atomic E-state index is 11.9. The van der Waals surface area contributed by atoms with Gasteiger partial charge in [-0.05, 0) is 62.2 Å². The molecule has 114 valence electrons. The highest BCUT2D eigenvalue weighted by atomic mass is 16.5.